The van der Waals surface area contributed by atoms with Crippen LogP contribution in [0.4, 0.5) is 0 Å². The molecule has 1 aromatic carbocycles. The van der Waals surface area contributed by atoms with E-state index >= 15 is 0 Å². The van der Waals surface area contributed by atoms with Gasteiger partial charge in [0.05, 0.1) is 22.5 Å². The number of hydrogen-bond donors (Lipinski definition) is 0. The number of alkyl halides is 1. The van der Waals surface area contributed by atoms with Crippen LogP contribution in [-0.4, -0.2) is 14.5 Å². The molecule has 0 saturated heterocycles. The molecule has 0 bridgehead atoms. The summed E-state index contributed by atoms with van der Waals surface area (Å²) in [5, 5.41) is 3.04. The molecule has 3 rings (SSSR count). The summed E-state index contributed by atoms with van der Waals surface area (Å²) in [5.41, 5.74) is 4.39. The third kappa shape index (κ3) is 2.58. The first kappa shape index (κ1) is 14.5. The van der Waals surface area contributed by atoms with E-state index in [1.165, 1.54) is 5.56 Å². The predicted molar refractivity (Wildman–Crippen MR) is 89.4 cm³/mol. The lowest BCUT2D eigenvalue weighted by molar-refractivity contribution is 0.614. The molecule has 21 heavy (non-hydrogen) atoms. The van der Waals surface area contributed by atoms with Crippen LogP contribution < -0.4 is 0 Å². The molecule has 2 unspecified atom stereocenters. The minimum atomic E-state index is -0.138. The van der Waals surface area contributed by atoms with Gasteiger partial charge in [-0.2, -0.15) is 0 Å². The summed E-state index contributed by atoms with van der Waals surface area (Å²) in [6.07, 6.45) is 0. The second kappa shape index (κ2) is 5.43. The molecule has 2 heterocycles. The Balaban J connectivity index is 2.23. The molecule has 0 spiro atoms. The minimum absolute atomic E-state index is 0.131. The standard InChI is InChI=1S/C16H18ClN3S/c1-9-5-6-13-14(7-9)20(15(19-13)11(3)17)12(4)16-18-10(2)8-21-16/h5-8,11-12H,1-4H3. The Morgan fingerprint density at radius 2 is 1.95 bits per heavy atom. The van der Waals surface area contributed by atoms with E-state index in [2.05, 4.69) is 47.0 Å². The molecule has 110 valence electrons. The van der Waals surface area contributed by atoms with E-state index in [1.807, 2.05) is 13.8 Å². The van der Waals surface area contributed by atoms with Gasteiger partial charge in [-0.15, -0.1) is 22.9 Å². The van der Waals surface area contributed by atoms with Crippen LogP contribution in [0.15, 0.2) is 23.6 Å². The highest BCUT2D eigenvalue weighted by Gasteiger charge is 2.21. The number of halogens is 1. The van der Waals surface area contributed by atoms with Crippen molar-refractivity contribution in [2.24, 2.45) is 0 Å². The highest BCUT2D eigenvalue weighted by molar-refractivity contribution is 7.09. The summed E-state index contributed by atoms with van der Waals surface area (Å²) in [6, 6.07) is 6.44. The number of nitrogens with zero attached hydrogens (tertiary/aromatic N) is 3. The first-order valence-corrected chi connectivity index (χ1v) is 8.33. The summed E-state index contributed by atoms with van der Waals surface area (Å²) in [7, 11) is 0. The highest BCUT2D eigenvalue weighted by Crippen LogP contribution is 2.32. The van der Waals surface area contributed by atoms with E-state index in [4.69, 9.17) is 16.6 Å². The summed E-state index contributed by atoms with van der Waals surface area (Å²) < 4.78 is 2.22. The first-order valence-electron chi connectivity index (χ1n) is 7.02. The van der Waals surface area contributed by atoms with Gasteiger partial charge in [-0.3, -0.25) is 0 Å². The van der Waals surface area contributed by atoms with Gasteiger partial charge < -0.3 is 4.57 Å². The number of rotatable bonds is 3. The molecule has 0 radical (unpaired) electrons. The van der Waals surface area contributed by atoms with Gasteiger partial charge in [0.1, 0.15) is 10.8 Å². The van der Waals surface area contributed by atoms with Crippen molar-refractivity contribution in [2.45, 2.75) is 39.1 Å². The lowest BCUT2D eigenvalue weighted by atomic mass is 10.2. The molecule has 0 N–H and O–H groups in total. The van der Waals surface area contributed by atoms with Crippen molar-refractivity contribution in [1.82, 2.24) is 14.5 Å². The fourth-order valence-electron chi connectivity index (χ4n) is 2.58. The Hall–Kier alpha value is -1.39. The maximum Gasteiger partial charge on any atom is 0.128 e. The summed E-state index contributed by atoms with van der Waals surface area (Å²) in [6.45, 7) is 8.24. The predicted octanol–water partition coefficient (Wildman–Crippen LogP) is 5.02. The monoisotopic (exact) mass is 319 g/mol. The van der Waals surface area contributed by atoms with Gasteiger partial charge in [0.15, 0.2) is 0 Å². The van der Waals surface area contributed by atoms with Gasteiger partial charge in [-0.05, 0) is 45.4 Å². The average Bonchev–Trinajstić information content (AvgIpc) is 3.01. The number of benzene rings is 1. The fourth-order valence-corrected chi connectivity index (χ4v) is 3.58. The summed E-state index contributed by atoms with van der Waals surface area (Å²) in [5.74, 6) is 0.901. The second-order valence-corrected chi connectivity index (χ2v) is 7.00. The van der Waals surface area contributed by atoms with Crippen molar-refractivity contribution in [3.63, 3.8) is 0 Å². The molecule has 0 aliphatic carbocycles. The Morgan fingerprint density at radius 1 is 1.19 bits per heavy atom. The maximum atomic E-state index is 6.36. The van der Waals surface area contributed by atoms with E-state index in [-0.39, 0.29) is 11.4 Å². The van der Waals surface area contributed by atoms with Crippen LogP contribution in [0.5, 0.6) is 0 Å². The molecule has 0 amide bonds. The molecule has 3 aromatic rings. The zero-order valence-corrected chi connectivity index (χ0v) is 14.2. The summed E-state index contributed by atoms with van der Waals surface area (Å²) in [4.78, 5) is 9.34. The number of fused-ring (bicyclic) bond motifs is 1. The summed E-state index contributed by atoms with van der Waals surface area (Å²) >= 11 is 8.04. The molecule has 0 aliphatic heterocycles. The zero-order valence-electron chi connectivity index (χ0n) is 12.6. The molecular formula is C16H18ClN3S. The van der Waals surface area contributed by atoms with Gasteiger partial charge in [0.2, 0.25) is 0 Å². The molecule has 0 saturated carbocycles. The van der Waals surface area contributed by atoms with Gasteiger partial charge >= 0.3 is 0 Å². The average molecular weight is 320 g/mol. The molecular weight excluding hydrogens is 302 g/mol. The SMILES string of the molecule is Cc1ccc2nc(C(C)Cl)n(C(C)c3nc(C)cs3)c2c1. The van der Waals surface area contributed by atoms with Gasteiger partial charge in [-0.25, -0.2) is 9.97 Å². The van der Waals surface area contributed by atoms with Gasteiger partial charge in [-0.1, -0.05) is 6.07 Å². The largest absolute Gasteiger partial charge is 0.317 e. The van der Waals surface area contributed by atoms with Crippen LogP contribution >= 0.6 is 22.9 Å². The smallest absolute Gasteiger partial charge is 0.128 e. The van der Waals surface area contributed by atoms with E-state index < -0.39 is 0 Å². The Bertz CT molecular complexity index is 788. The number of hydrogen-bond acceptors (Lipinski definition) is 3. The second-order valence-electron chi connectivity index (χ2n) is 5.45. The molecule has 2 atom stereocenters. The molecule has 0 fully saturated rings. The Morgan fingerprint density at radius 3 is 2.57 bits per heavy atom. The normalized spacial score (nSPS) is 14.5. The lowest BCUT2D eigenvalue weighted by Crippen LogP contribution is -2.11. The first-order chi connectivity index (χ1) is 9.97. The zero-order chi connectivity index (χ0) is 15.1. The van der Waals surface area contributed by atoms with Gasteiger partial charge in [0, 0.05) is 11.1 Å². The van der Waals surface area contributed by atoms with Crippen LogP contribution in [0.3, 0.4) is 0 Å². The van der Waals surface area contributed by atoms with E-state index in [9.17, 15) is 0 Å². The van der Waals surface area contributed by atoms with Crippen LogP contribution in [0.1, 0.15) is 47.4 Å². The van der Waals surface area contributed by atoms with Crippen molar-refractivity contribution in [2.75, 3.05) is 0 Å². The van der Waals surface area contributed by atoms with E-state index in [1.54, 1.807) is 11.3 Å². The molecule has 2 aromatic heterocycles. The van der Waals surface area contributed by atoms with Gasteiger partial charge in [0.25, 0.3) is 0 Å². The number of imidazole rings is 1. The van der Waals surface area contributed by atoms with Crippen LogP contribution in [-0.2, 0) is 0 Å². The van der Waals surface area contributed by atoms with Crippen molar-refractivity contribution in [1.29, 1.82) is 0 Å². The fraction of sp³-hybridized carbons (Fsp3) is 0.375. The minimum Gasteiger partial charge on any atom is -0.317 e. The van der Waals surface area contributed by atoms with Crippen LogP contribution in [0, 0.1) is 13.8 Å². The van der Waals surface area contributed by atoms with Crippen molar-refractivity contribution < 1.29 is 0 Å². The maximum absolute atomic E-state index is 6.36. The van der Waals surface area contributed by atoms with Crippen LogP contribution in [0.25, 0.3) is 11.0 Å². The van der Waals surface area contributed by atoms with E-state index in [0.29, 0.717) is 0 Å². The lowest BCUT2D eigenvalue weighted by Gasteiger charge is -2.16. The number of thiazole rings is 1. The number of aromatic nitrogens is 3. The quantitative estimate of drug-likeness (QED) is 0.635. The molecule has 5 heteroatoms. The topological polar surface area (TPSA) is 30.7 Å². The third-order valence-electron chi connectivity index (χ3n) is 3.61. The third-order valence-corrected chi connectivity index (χ3v) is 4.94. The highest BCUT2D eigenvalue weighted by atomic mass is 35.5. The van der Waals surface area contributed by atoms with Crippen molar-refractivity contribution in [3.05, 3.63) is 45.7 Å². The molecule has 3 nitrogen and oxygen atoms in total. The van der Waals surface area contributed by atoms with E-state index in [0.717, 1.165) is 27.6 Å². The van der Waals surface area contributed by atoms with Crippen LogP contribution in [0.2, 0.25) is 0 Å². The number of aryl methyl sites for hydroxylation is 2. The van der Waals surface area contributed by atoms with Crippen molar-refractivity contribution in [3.8, 4) is 0 Å². The Labute approximate surface area is 133 Å². The Kier molecular flexibility index (Phi) is 3.76. The molecule has 0 aliphatic rings. The van der Waals surface area contributed by atoms with Crippen molar-refractivity contribution >= 4 is 34.0 Å².